The molecular weight excluding hydrogens is 524 g/mol. The fraction of sp³-hybridized carbons (Fsp3) is 0.463. The van der Waals surface area contributed by atoms with Gasteiger partial charge in [-0.3, -0.25) is 0 Å². The first-order valence-corrected chi connectivity index (χ1v) is 15.8. The minimum Gasteiger partial charge on any atom is -0.390 e. The van der Waals surface area contributed by atoms with Gasteiger partial charge < -0.3 is 9.84 Å². The highest BCUT2D eigenvalue weighted by molar-refractivity contribution is 5.32. The lowest BCUT2D eigenvalue weighted by atomic mass is 9.99. The summed E-state index contributed by atoms with van der Waals surface area (Å²) in [4.78, 5) is 0. The molecule has 0 atom stereocenters. The van der Waals surface area contributed by atoms with Crippen LogP contribution in [0.2, 0.25) is 0 Å². The van der Waals surface area contributed by atoms with Gasteiger partial charge in [0.25, 0.3) is 0 Å². The molecule has 0 aliphatic rings. The van der Waals surface area contributed by atoms with Crippen molar-refractivity contribution < 1.29 is 9.84 Å². The average Bonchev–Trinajstić information content (AvgIpc) is 2.90. The second kappa shape index (κ2) is 22.6. The Hall–Kier alpha value is -2.94. The van der Waals surface area contributed by atoms with Crippen LogP contribution < -0.4 is 0 Å². The maximum atomic E-state index is 9.84. The highest BCUT2D eigenvalue weighted by Crippen LogP contribution is 2.17. The molecule has 0 fully saturated rings. The van der Waals surface area contributed by atoms with Crippen molar-refractivity contribution in [2.24, 2.45) is 0 Å². The molecule has 0 bridgehead atoms. The van der Waals surface area contributed by atoms with Gasteiger partial charge in [-0.05, 0) is 108 Å². The Morgan fingerprint density at radius 1 is 0.605 bits per heavy atom. The van der Waals surface area contributed by atoms with Gasteiger partial charge in [-0.15, -0.1) is 0 Å². The standard InChI is InChI=1S/C41H62O2/c1-34(22-14-24-36(3)26-16-28-38(5)30-18-32-40(7,8)42)20-12-13-21-35(2)23-15-25-37(4)27-17-29-39(6)31-19-33-41(9,10)43-11/h12-15,17,19-25,27-29,31,42H,16,18,26,30,32-33H2,1-11H3. The molecule has 0 aromatic heterocycles. The van der Waals surface area contributed by atoms with Gasteiger partial charge in [0.15, 0.2) is 0 Å². The van der Waals surface area contributed by atoms with Gasteiger partial charge in [0.2, 0.25) is 0 Å². The van der Waals surface area contributed by atoms with Crippen LogP contribution in [0.3, 0.4) is 0 Å². The number of hydrogen-bond donors (Lipinski definition) is 1. The molecule has 2 heteroatoms. The second-order valence-corrected chi connectivity index (χ2v) is 12.9. The number of hydrogen-bond acceptors (Lipinski definition) is 2. The first kappa shape index (κ1) is 40.1. The molecule has 1 N–H and O–H groups in total. The lowest BCUT2D eigenvalue weighted by Crippen LogP contribution is -2.20. The number of allylic oxidation sites excluding steroid dienone is 21. The molecule has 238 valence electrons. The molecule has 2 nitrogen and oxygen atoms in total. The molecule has 0 unspecified atom stereocenters. The summed E-state index contributed by atoms with van der Waals surface area (Å²) < 4.78 is 5.45. The van der Waals surface area contributed by atoms with E-state index in [4.69, 9.17) is 4.74 Å². The van der Waals surface area contributed by atoms with Crippen LogP contribution in [0.15, 0.2) is 131 Å². The number of methoxy groups -OCH3 is 1. The summed E-state index contributed by atoms with van der Waals surface area (Å²) in [5.74, 6) is 0. The van der Waals surface area contributed by atoms with E-state index in [0.717, 1.165) is 38.5 Å². The van der Waals surface area contributed by atoms with Gasteiger partial charge in [0, 0.05) is 7.11 Å². The van der Waals surface area contributed by atoms with Crippen LogP contribution in [0, 0.1) is 0 Å². The summed E-state index contributed by atoms with van der Waals surface area (Å²) in [5.41, 5.74) is 6.95. The minimum absolute atomic E-state index is 0.122. The second-order valence-electron chi connectivity index (χ2n) is 12.9. The van der Waals surface area contributed by atoms with Gasteiger partial charge >= 0.3 is 0 Å². The van der Waals surface area contributed by atoms with Crippen LogP contribution in [-0.4, -0.2) is 23.4 Å². The summed E-state index contributed by atoms with van der Waals surface area (Å²) in [6.07, 6.45) is 40.2. The van der Waals surface area contributed by atoms with E-state index in [1.54, 1.807) is 7.11 Å². The van der Waals surface area contributed by atoms with Gasteiger partial charge in [-0.25, -0.2) is 0 Å². The Bertz CT molecular complexity index is 1140. The normalized spacial score (nSPS) is 16.0. The zero-order valence-electron chi connectivity index (χ0n) is 29.3. The third kappa shape index (κ3) is 26.4. The van der Waals surface area contributed by atoms with Crippen molar-refractivity contribution >= 4 is 0 Å². The maximum Gasteiger partial charge on any atom is 0.0657 e. The minimum atomic E-state index is -0.560. The third-order valence-electron chi connectivity index (χ3n) is 6.94. The molecule has 0 heterocycles. The Balaban J connectivity index is 4.64. The van der Waals surface area contributed by atoms with Crippen molar-refractivity contribution in [1.82, 2.24) is 0 Å². The van der Waals surface area contributed by atoms with E-state index in [-0.39, 0.29) is 5.60 Å². The van der Waals surface area contributed by atoms with Crippen molar-refractivity contribution in [2.45, 2.75) is 119 Å². The Morgan fingerprint density at radius 2 is 1.07 bits per heavy atom. The van der Waals surface area contributed by atoms with Crippen LogP contribution in [-0.2, 0) is 4.74 Å². The van der Waals surface area contributed by atoms with Crippen molar-refractivity contribution in [1.29, 1.82) is 0 Å². The van der Waals surface area contributed by atoms with E-state index in [0.29, 0.717) is 0 Å². The molecule has 0 saturated carbocycles. The molecule has 0 aliphatic carbocycles. The zero-order chi connectivity index (χ0) is 32.7. The molecule has 0 aromatic rings. The fourth-order valence-corrected chi connectivity index (χ4v) is 3.85. The van der Waals surface area contributed by atoms with E-state index in [1.165, 1.54) is 33.4 Å². The summed E-state index contributed by atoms with van der Waals surface area (Å²) in [7, 11) is 1.75. The smallest absolute Gasteiger partial charge is 0.0657 e. The molecule has 0 amide bonds. The Labute approximate surface area is 266 Å². The molecule has 0 radical (unpaired) electrons. The Kier molecular flexibility index (Phi) is 21.0. The van der Waals surface area contributed by atoms with E-state index in [2.05, 4.69) is 153 Å². The largest absolute Gasteiger partial charge is 0.390 e. The van der Waals surface area contributed by atoms with Crippen LogP contribution in [0.5, 0.6) is 0 Å². The van der Waals surface area contributed by atoms with Gasteiger partial charge in [-0.1, -0.05) is 131 Å². The van der Waals surface area contributed by atoms with Crippen molar-refractivity contribution in [3.05, 3.63) is 131 Å². The lowest BCUT2D eigenvalue weighted by molar-refractivity contribution is 0.0255. The molecular formula is C41H62O2. The van der Waals surface area contributed by atoms with Crippen molar-refractivity contribution in [3.63, 3.8) is 0 Å². The van der Waals surface area contributed by atoms with Gasteiger partial charge in [-0.2, -0.15) is 0 Å². The summed E-state index contributed by atoms with van der Waals surface area (Å²) in [6, 6.07) is 0. The van der Waals surface area contributed by atoms with Crippen molar-refractivity contribution in [2.75, 3.05) is 7.11 Å². The summed E-state index contributed by atoms with van der Waals surface area (Å²) in [5, 5.41) is 9.84. The first-order valence-electron chi connectivity index (χ1n) is 15.8. The molecule has 0 saturated heterocycles. The zero-order valence-corrected chi connectivity index (χ0v) is 29.3. The molecule has 43 heavy (non-hydrogen) atoms. The van der Waals surface area contributed by atoms with Crippen LogP contribution >= 0.6 is 0 Å². The summed E-state index contributed by atoms with van der Waals surface area (Å²) >= 11 is 0. The van der Waals surface area contributed by atoms with Crippen LogP contribution in [0.4, 0.5) is 0 Å². The fourth-order valence-electron chi connectivity index (χ4n) is 3.85. The van der Waals surface area contributed by atoms with E-state index >= 15 is 0 Å². The summed E-state index contributed by atoms with van der Waals surface area (Å²) in [6.45, 7) is 20.8. The number of rotatable bonds is 19. The predicted molar refractivity (Wildman–Crippen MR) is 193 cm³/mol. The SMILES string of the molecule is COC(C)(C)CC=CC(C)=CC=CC(C)=CC=CC(C)=CC=CC=C(C)C=CC=C(C)CCC=C(C)CCCC(C)(C)O. The molecule has 0 rings (SSSR count). The predicted octanol–water partition coefficient (Wildman–Crippen LogP) is 12.0. The molecule has 0 spiro atoms. The van der Waals surface area contributed by atoms with Gasteiger partial charge in [0.05, 0.1) is 11.2 Å². The van der Waals surface area contributed by atoms with Crippen LogP contribution in [0.1, 0.15) is 108 Å². The van der Waals surface area contributed by atoms with Crippen molar-refractivity contribution in [3.8, 4) is 0 Å². The highest BCUT2D eigenvalue weighted by Gasteiger charge is 2.13. The number of aliphatic hydroxyl groups is 1. The third-order valence-corrected chi connectivity index (χ3v) is 6.94. The average molecular weight is 587 g/mol. The maximum absolute atomic E-state index is 9.84. The molecule has 0 aliphatic heterocycles. The van der Waals surface area contributed by atoms with E-state index < -0.39 is 5.60 Å². The number of ether oxygens (including phenoxy) is 1. The van der Waals surface area contributed by atoms with E-state index in [9.17, 15) is 5.11 Å². The lowest BCUT2D eigenvalue weighted by Gasteiger charge is -2.20. The first-order chi connectivity index (χ1) is 20.1. The monoisotopic (exact) mass is 586 g/mol. The van der Waals surface area contributed by atoms with E-state index in [1.807, 2.05) is 13.8 Å². The topological polar surface area (TPSA) is 29.5 Å². The molecule has 0 aromatic carbocycles. The quantitative estimate of drug-likeness (QED) is 0.120. The Morgan fingerprint density at radius 3 is 1.56 bits per heavy atom. The highest BCUT2D eigenvalue weighted by atomic mass is 16.5. The van der Waals surface area contributed by atoms with Gasteiger partial charge in [0.1, 0.15) is 0 Å². The van der Waals surface area contributed by atoms with Crippen LogP contribution in [0.25, 0.3) is 0 Å².